The number of hydrogen-bond donors (Lipinski definition) is 2. The zero-order chi connectivity index (χ0) is 49.9. The molecule has 0 aromatic carbocycles. The number of phosphoric ester groups is 1. The van der Waals surface area contributed by atoms with Gasteiger partial charge in [0.1, 0.15) is 12.7 Å². The van der Waals surface area contributed by atoms with Gasteiger partial charge in [-0.25, -0.2) is 4.57 Å². The lowest BCUT2D eigenvalue weighted by atomic mass is 10.1. The first-order chi connectivity index (χ1) is 33.2. The molecule has 0 heterocycles. The first kappa shape index (κ1) is 64.1. The van der Waals surface area contributed by atoms with Crippen LogP contribution in [-0.2, 0) is 42.2 Å². The summed E-state index contributed by atoms with van der Waals surface area (Å²) in [6, 6.07) is 0. The Morgan fingerprint density at radius 2 is 0.794 bits per heavy atom. The molecule has 0 aliphatic rings. The molecule has 0 aromatic heterocycles. The standard InChI is InChI=1S/C56H91O11P/c1-4-7-10-13-16-19-22-25-26-29-32-35-38-41-44-47-56(60)67-53(49-63-54(58)45-42-39-36-33-30-27-23-20-17-14-11-8-5-2)51-65-68(61,62)64-50-52(48-57)66-55(59)46-43-40-37-34-31-28-24-21-18-15-12-9-6-3/h7-8,10-11,16-17,19-21,24-27,30,32,35-36,39,52-53,57H,4-6,9,12-15,18,22-23,28-29,31,33-34,37-38,40-51H2,1-3H3,(H,61,62)/b10-7-,11-8-,19-16-,20-17-,24-21-,26-25-,30-27-,35-32-,39-36-. The summed E-state index contributed by atoms with van der Waals surface area (Å²) in [5.41, 5.74) is 0. The summed E-state index contributed by atoms with van der Waals surface area (Å²) < 4.78 is 39.2. The normalized spacial score (nSPS) is 14.4. The number of hydrogen-bond acceptors (Lipinski definition) is 10. The van der Waals surface area contributed by atoms with Crippen LogP contribution in [0, 0.1) is 0 Å². The predicted octanol–water partition coefficient (Wildman–Crippen LogP) is 14.7. The molecule has 0 amide bonds. The lowest BCUT2D eigenvalue weighted by Gasteiger charge is -2.21. The fourth-order valence-corrected chi connectivity index (χ4v) is 7.08. The predicted molar refractivity (Wildman–Crippen MR) is 279 cm³/mol. The van der Waals surface area contributed by atoms with Crippen LogP contribution in [0.2, 0.25) is 0 Å². The first-order valence-corrected chi connectivity index (χ1v) is 27.3. The third-order valence-electron chi connectivity index (χ3n) is 10.2. The molecule has 3 atom stereocenters. The summed E-state index contributed by atoms with van der Waals surface area (Å²) in [6.07, 6.45) is 58.0. The highest BCUT2D eigenvalue weighted by molar-refractivity contribution is 7.47. The molecule has 0 radical (unpaired) electrons. The van der Waals surface area contributed by atoms with Crippen molar-refractivity contribution in [3.8, 4) is 0 Å². The van der Waals surface area contributed by atoms with E-state index in [2.05, 4.69) is 118 Å². The van der Waals surface area contributed by atoms with Gasteiger partial charge in [-0.05, 0) is 109 Å². The van der Waals surface area contributed by atoms with Gasteiger partial charge < -0.3 is 24.2 Å². The molecular formula is C56H91O11P. The maximum atomic E-state index is 12.8. The van der Waals surface area contributed by atoms with Crippen LogP contribution in [0.25, 0.3) is 0 Å². The van der Waals surface area contributed by atoms with Crippen molar-refractivity contribution in [3.05, 3.63) is 109 Å². The van der Waals surface area contributed by atoms with E-state index in [9.17, 15) is 28.9 Å². The third-order valence-corrected chi connectivity index (χ3v) is 11.1. The fourth-order valence-electron chi connectivity index (χ4n) is 6.29. The SMILES string of the molecule is CC/C=C\C/C=C\C/C=C\C/C=C\CCCCC(=O)OC(COC(=O)CC/C=C\C/C=C\C/C=C\C/C=C\CC)COP(=O)(O)OCC(CO)OC(=O)CCCCCCC/C=C\CCCCCC. The lowest BCUT2D eigenvalue weighted by Crippen LogP contribution is -2.30. The van der Waals surface area contributed by atoms with Crippen molar-refractivity contribution < 1.29 is 52.2 Å². The minimum absolute atomic E-state index is 0.0904. The van der Waals surface area contributed by atoms with Gasteiger partial charge in [0.2, 0.25) is 0 Å². The molecule has 0 fully saturated rings. The van der Waals surface area contributed by atoms with Crippen LogP contribution in [0.5, 0.6) is 0 Å². The van der Waals surface area contributed by atoms with E-state index in [0.29, 0.717) is 19.3 Å². The van der Waals surface area contributed by atoms with Crippen molar-refractivity contribution in [3.63, 3.8) is 0 Å². The van der Waals surface area contributed by atoms with Crippen LogP contribution in [0.15, 0.2) is 109 Å². The molecule has 0 saturated carbocycles. The summed E-state index contributed by atoms with van der Waals surface area (Å²) in [6.45, 7) is 4.22. The second kappa shape index (κ2) is 49.6. The first-order valence-electron chi connectivity index (χ1n) is 25.8. The lowest BCUT2D eigenvalue weighted by molar-refractivity contribution is -0.161. The Kier molecular flexibility index (Phi) is 46.7. The molecule has 0 saturated heterocycles. The quantitative estimate of drug-likeness (QED) is 0.0197. The Morgan fingerprint density at radius 1 is 0.426 bits per heavy atom. The van der Waals surface area contributed by atoms with E-state index >= 15 is 0 Å². The maximum absolute atomic E-state index is 12.8. The summed E-state index contributed by atoms with van der Waals surface area (Å²) >= 11 is 0. The van der Waals surface area contributed by atoms with Crippen molar-refractivity contribution in [2.45, 2.75) is 200 Å². The van der Waals surface area contributed by atoms with E-state index < -0.39 is 64.4 Å². The number of ether oxygens (including phenoxy) is 3. The number of unbranched alkanes of at least 4 members (excludes halogenated alkanes) is 11. The van der Waals surface area contributed by atoms with E-state index in [-0.39, 0.29) is 19.3 Å². The van der Waals surface area contributed by atoms with Gasteiger partial charge in [-0.2, -0.15) is 0 Å². The van der Waals surface area contributed by atoms with E-state index in [4.69, 9.17) is 23.3 Å². The molecule has 12 heteroatoms. The highest BCUT2D eigenvalue weighted by Crippen LogP contribution is 2.43. The number of rotatable bonds is 46. The number of aliphatic hydroxyl groups is 1. The Labute approximate surface area is 412 Å². The Balaban J connectivity index is 4.91. The smallest absolute Gasteiger partial charge is 0.462 e. The molecule has 68 heavy (non-hydrogen) atoms. The van der Waals surface area contributed by atoms with Gasteiger partial charge in [-0.1, -0.05) is 169 Å². The van der Waals surface area contributed by atoms with Gasteiger partial charge in [-0.3, -0.25) is 23.4 Å². The van der Waals surface area contributed by atoms with Crippen molar-refractivity contribution in [1.29, 1.82) is 0 Å². The van der Waals surface area contributed by atoms with Crippen molar-refractivity contribution in [2.75, 3.05) is 26.4 Å². The van der Waals surface area contributed by atoms with Gasteiger partial charge in [0.15, 0.2) is 6.10 Å². The largest absolute Gasteiger partial charge is 0.472 e. The molecule has 2 N–H and O–H groups in total. The van der Waals surface area contributed by atoms with E-state index in [1.807, 2.05) is 12.2 Å². The summed E-state index contributed by atoms with van der Waals surface area (Å²) in [7, 11) is -4.77. The molecule has 0 bridgehead atoms. The van der Waals surface area contributed by atoms with Crippen molar-refractivity contribution >= 4 is 25.7 Å². The Morgan fingerprint density at radius 3 is 1.28 bits per heavy atom. The average molecular weight is 971 g/mol. The van der Waals surface area contributed by atoms with Gasteiger partial charge in [0, 0.05) is 19.3 Å². The van der Waals surface area contributed by atoms with E-state index in [1.54, 1.807) is 0 Å². The highest BCUT2D eigenvalue weighted by Gasteiger charge is 2.28. The number of aliphatic hydroxyl groups excluding tert-OH is 1. The van der Waals surface area contributed by atoms with Gasteiger partial charge in [-0.15, -0.1) is 0 Å². The van der Waals surface area contributed by atoms with E-state index in [1.165, 1.54) is 25.7 Å². The highest BCUT2D eigenvalue weighted by atomic mass is 31.2. The number of carbonyl (C=O) groups excluding carboxylic acids is 3. The topological polar surface area (TPSA) is 155 Å². The molecule has 0 aliphatic heterocycles. The van der Waals surface area contributed by atoms with Crippen LogP contribution >= 0.6 is 7.82 Å². The fraction of sp³-hybridized carbons (Fsp3) is 0.625. The Bertz CT molecular complexity index is 1550. The summed E-state index contributed by atoms with van der Waals surface area (Å²) in [4.78, 5) is 48.2. The molecule has 0 aliphatic carbocycles. The Hall–Kier alpha value is -3.86. The van der Waals surface area contributed by atoms with Crippen molar-refractivity contribution in [1.82, 2.24) is 0 Å². The van der Waals surface area contributed by atoms with Gasteiger partial charge in [0.05, 0.1) is 19.8 Å². The molecular weight excluding hydrogens is 880 g/mol. The average Bonchev–Trinajstić information content (AvgIpc) is 3.32. The van der Waals surface area contributed by atoms with Crippen LogP contribution in [0.1, 0.15) is 188 Å². The molecule has 3 unspecified atom stereocenters. The van der Waals surface area contributed by atoms with Crippen LogP contribution in [0.4, 0.5) is 0 Å². The van der Waals surface area contributed by atoms with Crippen LogP contribution in [-0.4, -0.2) is 66.5 Å². The van der Waals surface area contributed by atoms with Crippen LogP contribution in [0.3, 0.4) is 0 Å². The third kappa shape index (κ3) is 47.2. The summed E-state index contributed by atoms with van der Waals surface area (Å²) in [5.74, 6) is -1.64. The molecule has 11 nitrogen and oxygen atoms in total. The monoisotopic (exact) mass is 971 g/mol. The maximum Gasteiger partial charge on any atom is 0.472 e. The molecule has 386 valence electrons. The van der Waals surface area contributed by atoms with E-state index in [0.717, 1.165) is 103 Å². The minimum Gasteiger partial charge on any atom is -0.462 e. The molecule has 0 spiro atoms. The minimum atomic E-state index is -4.77. The molecule has 0 rings (SSSR count). The number of phosphoric acid groups is 1. The van der Waals surface area contributed by atoms with Crippen molar-refractivity contribution in [2.24, 2.45) is 0 Å². The number of esters is 3. The van der Waals surface area contributed by atoms with Crippen LogP contribution < -0.4 is 0 Å². The second-order valence-electron chi connectivity index (χ2n) is 16.6. The zero-order valence-electron chi connectivity index (χ0n) is 42.3. The summed E-state index contributed by atoms with van der Waals surface area (Å²) in [5, 5.41) is 9.77. The van der Waals surface area contributed by atoms with Gasteiger partial charge >= 0.3 is 25.7 Å². The number of allylic oxidation sites excluding steroid dienone is 18. The molecule has 0 aromatic rings. The van der Waals surface area contributed by atoms with Gasteiger partial charge in [0.25, 0.3) is 0 Å². The second-order valence-corrected chi connectivity index (χ2v) is 18.0. The zero-order valence-corrected chi connectivity index (χ0v) is 43.2. The number of carbonyl (C=O) groups is 3.